The first-order chi connectivity index (χ1) is 27.5. The molecule has 296 valence electrons. The maximum Gasteiger partial charge on any atom is 0.0470 e. The molecule has 0 bridgehead atoms. The van der Waals surface area contributed by atoms with Gasteiger partial charge in [-0.05, 0) is 149 Å². The van der Waals surface area contributed by atoms with Crippen molar-refractivity contribution in [1.29, 1.82) is 0 Å². The van der Waals surface area contributed by atoms with E-state index in [1.54, 1.807) is 0 Å². The zero-order chi connectivity index (χ0) is 40.3. The van der Waals surface area contributed by atoms with Gasteiger partial charge in [-0.2, -0.15) is 0 Å². The minimum atomic E-state index is -0.420. The fourth-order valence-corrected chi connectivity index (χ4v) is 10.1. The van der Waals surface area contributed by atoms with E-state index in [1.165, 1.54) is 121 Å². The van der Waals surface area contributed by atoms with Crippen LogP contribution in [0, 0.1) is 41.5 Å². The second-order valence-corrected chi connectivity index (χ2v) is 17.2. The van der Waals surface area contributed by atoms with Gasteiger partial charge in [0, 0.05) is 58.4 Å². The molecule has 1 fully saturated rings. The maximum atomic E-state index is 3.99. The van der Waals surface area contributed by atoms with Crippen molar-refractivity contribution in [3.05, 3.63) is 159 Å². The van der Waals surface area contributed by atoms with Crippen LogP contribution < -0.4 is 15.1 Å². The van der Waals surface area contributed by atoms with Crippen molar-refractivity contribution in [2.75, 3.05) is 28.2 Å². The summed E-state index contributed by atoms with van der Waals surface area (Å²) in [6.45, 7) is 22.4. The zero-order valence-electron chi connectivity index (χ0n) is 36.2. The molecule has 0 radical (unpaired) electrons. The van der Waals surface area contributed by atoms with E-state index < -0.39 is 5.41 Å². The van der Waals surface area contributed by atoms with E-state index in [0.29, 0.717) is 6.04 Å². The highest BCUT2D eigenvalue weighted by Gasteiger charge is 2.34. The van der Waals surface area contributed by atoms with Gasteiger partial charge in [-0.15, -0.1) is 0 Å². The first-order valence-corrected chi connectivity index (χ1v) is 21.7. The number of benzene rings is 6. The Hall–Kier alpha value is -5.02. The molecule has 0 amide bonds. The van der Waals surface area contributed by atoms with Crippen LogP contribution in [0.5, 0.6) is 0 Å². The van der Waals surface area contributed by atoms with Gasteiger partial charge in [-0.1, -0.05) is 123 Å². The average molecular weight is 756 g/mol. The smallest absolute Gasteiger partial charge is 0.0470 e. The molecule has 0 aromatic heterocycles. The number of hydrogen-bond acceptors (Lipinski definition) is 3. The predicted octanol–water partition coefficient (Wildman–Crippen LogP) is 14.9. The molecule has 3 heteroatoms. The summed E-state index contributed by atoms with van der Waals surface area (Å²) in [7, 11) is 0. The quantitative estimate of drug-likeness (QED) is 0.118. The maximum absolute atomic E-state index is 3.99. The van der Waals surface area contributed by atoms with Crippen LogP contribution in [-0.2, 0) is 5.41 Å². The Bertz CT molecular complexity index is 2150. The van der Waals surface area contributed by atoms with Crippen LogP contribution in [0.3, 0.4) is 0 Å². The summed E-state index contributed by atoms with van der Waals surface area (Å²) < 4.78 is 0. The molecule has 1 aliphatic carbocycles. The lowest BCUT2D eigenvalue weighted by Crippen LogP contribution is -2.27. The van der Waals surface area contributed by atoms with Crippen LogP contribution in [0.1, 0.15) is 116 Å². The molecule has 1 aliphatic rings. The van der Waals surface area contributed by atoms with Crippen LogP contribution >= 0.6 is 0 Å². The summed E-state index contributed by atoms with van der Waals surface area (Å²) in [5, 5.41) is 6.61. The second-order valence-electron chi connectivity index (χ2n) is 17.2. The van der Waals surface area contributed by atoms with Gasteiger partial charge in [0.05, 0.1) is 0 Å². The molecule has 57 heavy (non-hydrogen) atoms. The van der Waals surface area contributed by atoms with Crippen molar-refractivity contribution >= 4 is 39.2 Å². The first-order valence-electron chi connectivity index (χ1n) is 21.7. The van der Waals surface area contributed by atoms with Crippen LogP contribution in [0.4, 0.5) is 28.4 Å². The van der Waals surface area contributed by atoms with Crippen LogP contribution in [0.2, 0.25) is 0 Å². The number of nitrogens with one attached hydrogen (secondary N) is 1. The lowest BCUT2D eigenvalue weighted by molar-refractivity contribution is 0.463. The topological polar surface area (TPSA) is 18.5 Å². The van der Waals surface area contributed by atoms with Gasteiger partial charge in [-0.3, -0.25) is 0 Å². The van der Waals surface area contributed by atoms with E-state index in [2.05, 4.69) is 187 Å². The first kappa shape index (κ1) is 40.2. The third kappa shape index (κ3) is 8.09. The Balaban J connectivity index is 1.37. The monoisotopic (exact) mass is 756 g/mol. The minimum Gasteiger partial charge on any atom is -0.382 e. The predicted molar refractivity (Wildman–Crippen MR) is 249 cm³/mol. The SMILES string of the molecule is CCCN(c1ccc(C(C)(c2ccc(N(CCC)c3c(C)cc(C)cc3C)cc2)c2ccc(NC3CCCCC3)c3ccccc23)cc1)c1c(C)cc(C)cc1C. The summed E-state index contributed by atoms with van der Waals surface area (Å²) in [6.07, 6.45) is 8.63. The fraction of sp³-hybridized carbons (Fsp3) is 0.370. The van der Waals surface area contributed by atoms with E-state index in [0.717, 1.165) is 25.9 Å². The fourth-order valence-electron chi connectivity index (χ4n) is 10.1. The van der Waals surface area contributed by atoms with Gasteiger partial charge >= 0.3 is 0 Å². The second kappa shape index (κ2) is 17.2. The third-order valence-electron chi connectivity index (χ3n) is 12.6. The Labute approximate surface area is 344 Å². The van der Waals surface area contributed by atoms with Crippen LogP contribution in [0.15, 0.2) is 109 Å². The number of anilines is 5. The highest BCUT2D eigenvalue weighted by atomic mass is 15.1. The van der Waals surface area contributed by atoms with Gasteiger partial charge in [0.1, 0.15) is 0 Å². The molecule has 7 rings (SSSR count). The molecule has 0 atom stereocenters. The van der Waals surface area contributed by atoms with Gasteiger partial charge in [0.15, 0.2) is 0 Å². The summed E-state index contributed by atoms with van der Waals surface area (Å²) in [5.74, 6) is 0. The Morgan fingerprint density at radius 2 is 0.982 bits per heavy atom. The van der Waals surface area contributed by atoms with Crippen molar-refractivity contribution < 1.29 is 0 Å². The number of rotatable bonds is 13. The molecular formula is C54H65N3. The number of aryl methyl sites for hydroxylation is 6. The molecular weight excluding hydrogens is 691 g/mol. The van der Waals surface area contributed by atoms with Crippen molar-refractivity contribution in [2.24, 2.45) is 0 Å². The molecule has 1 saturated carbocycles. The summed E-state index contributed by atoms with van der Waals surface area (Å²) in [5.41, 5.74) is 17.8. The van der Waals surface area contributed by atoms with E-state index in [-0.39, 0.29) is 0 Å². The molecule has 0 spiro atoms. The largest absolute Gasteiger partial charge is 0.382 e. The number of hydrogen-bond donors (Lipinski definition) is 1. The molecule has 6 aromatic carbocycles. The highest BCUT2D eigenvalue weighted by Crippen LogP contribution is 2.46. The Morgan fingerprint density at radius 3 is 1.42 bits per heavy atom. The Kier molecular flexibility index (Phi) is 12.1. The summed E-state index contributed by atoms with van der Waals surface area (Å²) >= 11 is 0. The van der Waals surface area contributed by atoms with E-state index in [4.69, 9.17) is 0 Å². The summed E-state index contributed by atoms with van der Waals surface area (Å²) in [6, 6.07) is 42.7. The molecule has 1 N–H and O–H groups in total. The van der Waals surface area contributed by atoms with Crippen molar-refractivity contribution in [3.63, 3.8) is 0 Å². The number of nitrogens with zero attached hydrogens (tertiary/aromatic N) is 2. The minimum absolute atomic E-state index is 0.420. The average Bonchev–Trinajstić information content (AvgIpc) is 3.20. The van der Waals surface area contributed by atoms with E-state index >= 15 is 0 Å². The number of fused-ring (bicyclic) bond motifs is 1. The zero-order valence-corrected chi connectivity index (χ0v) is 36.2. The lowest BCUT2D eigenvalue weighted by atomic mass is 9.69. The Morgan fingerprint density at radius 1 is 0.544 bits per heavy atom. The van der Waals surface area contributed by atoms with Gasteiger partial charge in [-0.25, -0.2) is 0 Å². The summed E-state index contributed by atoms with van der Waals surface area (Å²) in [4.78, 5) is 5.05. The van der Waals surface area contributed by atoms with Gasteiger partial charge in [0.2, 0.25) is 0 Å². The molecule has 3 nitrogen and oxygen atoms in total. The van der Waals surface area contributed by atoms with Crippen molar-refractivity contribution in [1.82, 2.24) is 0 Å². The molecule has 0 saturated heterocycles. The third-order valence-corrected chi connectivity index (χ3v) is 12.6. The van der Waals surface area contributed by atoms with Gasteiger partial charge < -0.3 is 15.1 Å². The van der Waals surface area contributed by atoms with Crippen molar-refractivity contribution in [3.8, 4) is 0 Å². The molecule has 6 aromatic rings. The molecule has 0 heterocycles. The van der Waals surface area contributed by atoms with Crippen LogP contribution in [0.25, 0.3) is 10.8 Å². The highest BCUT2D eigenvalue weighted by molar-refractivity contribution is 5.97. The van der Waals surface area contributed by atoms with E-state index in [9.17, 15) is 0 Å². The van der Waals surface area contributed by atoms with Gasteiger partial charge in [0.25, 0.3) is 0 Å². The van der Waals surface area contributed by atoms with Crippen molar-refractivity contribution in [2.45, 2.75) is 119 Å². The molecule has 0 aliphatic heterocycles. The van der Waals surface area contributed by atoms with Crippen LogP contribution in [-0.4, -0.2) is 19.1 Å². The molecule has 0 unspecified atom stereocenters. The van der Waals surface area contributed by atoms with E-state index in [1.807, 2.05) is 0 Å². The lowest BCUT2D eigenvalue weighted by Gasteiger charge is -2.35. The standard InChI is InChI=1S/C54H65N3/c1-10-31-56(52-39(5)33-37(3)34-40(52)6)46-25-21-43(22-26-46)54(9,50-29-30-51(49-20-16-15-19-48(49)50)55-45-17-13-12-14-18-45)44-23-27-47(28-24-44)57(32-11-2)53-41(7)35-38(4)36-42(53)8/h15-16,19-30,33-36,45,55H,10-14,17-18,31-32H2,1-9H3. The normalized spacial score (nSPS) is 13.6.